The highest BCUT2D eigenvalue weighted by Crippen LogP contribution is 2.53. The molecule has 0 radical (unpaired) electrons. The van der Waals surface area contributed by atoms with E-state index in [4.69, 9.17) is 19.3 Å². The number of fused-ring (bicyclic) bond motifs is 4. The molecule has 1 spiro atoms. The quantitative estimate of drug-likeness (QED) is 0.673. The van der Waals surface area contributed by atoms with Gasteiger partial charge in [-0.05, 0) is 24.7 Å². The highest BCUT2D eigenvalue weighted by atomic mass is 19.3. The minimum atomic E-state index is -2.89. The number of halogens is 2. The number of hydrazone groups is 1. The van der Waals surface area contributed by atoms with Crippen LogP contribution in [0.1, 0.15) is 43.4 Å². The van der Waals surface area contributed by atoms with Crippen molar-refractivity contribution < 1.29 is 23.0 Å². The molecule has 3 heterocycles. The van der Waals surface area contributed by atoms with Gasteiger partial charge in [-0.25, -0.2) is 5.01 Å². The lowest BCUT2D eigenvalue weighted by atomic mass is 9.90. The predicted octanol–water partition coefficient (Wildman–Crippen LogP) is 4.65. The number of nitrogens with zero attached hydrogens (tertiary/aromatic N) is 3. The molecule has 3 aliphatic rings. The van der Waals surface area contributed by atoms with Crippen molar-refractivity contribution in [2.24, 2.45) is 5.10 Å². The van der Waals surface area contributed by atoms with Crippen LogP contribution in [0, 0.1) is 0 Å². The number of hydrogen-bond acceptors (Lipinski definition) is 6. The van der Waals surface area contributed by atoms with Crippen molar-refractivity contribution in [2.75, 3.05) is 26.7 Å². The molecule has 1 atom stereocenters. The van der Waals surface area contributed by atoms with Gasteiger partial charge < -0.3 is 19.1 Å². The SMILES string of the molecule is CCN1CCC2(CC1)Oc1c(OC)cccc1[C@H]1CC(c3ccccc3OC(F)F)=NN12. The number of alkyl halides is 2. The number of para-hydroxylation sites is 2. The first-order chi connectivity index (χ1) is 15.5. The van der Waals surface area contributed by atoms with Gasteiger partial charge in [0.25, 0.3) is 0 Å². The Kier molecular flexibility index (Phi) is 5.41. The molecule has 1 saturated heterocycles. The van der Waals surface area contributed by atoms with Crippen LogP contribution in [0.5, 0.6) is 17.2 Å². The van der Waals surface area contributed by atoms with Crippen LogP contribution in [0.3, 0.4) is 0 Å². The van der Waals surface area contributed by atoms with Crippen molar-refractivity contribution in [2.45, 2.75) is 44.6 Å². The predicted molar refractivity (Wildman–Crippen MR) is 117 cm³/mol. The Morgan fingerprint density at radius 1 is 1.12 bits per heavy atom. The zero-order chi connectivity index (χ0) is 22.3. The van der Waals surface area contributed by atoms with Crippen molar-refractivity contribution in [3.05, 3.63) is 53.6 Å². The molecule has 0 unspecified atom stereocenters. The van der Waals surface area contributed by atoms with Crippen molar-refractivity contribution in [1.29, 1.82) is 0 Å². The molecule has 32 heavy (non-hydrogen) atoms. The van der Waals surface area contributed by atoms with E-state index in [1.807, 2.05) is 24.3 Å². The minimum Gasteiger partial charge on any atom is -0.493 e. The molecule has 0 amide bonds. The van der Waals surface area contributed by atoms with Gasteiger partial charge >= 0.3 is 6.61 Å². The molecule has 3 aliphatic heterocycles. The molecule has 6 nitrogen and oxygen atoms in total. The second kappa shape index (κ2) is 8.24. The summed E-state index contributed by atoms with van der Waals surface area (Å²) >= 11 is 0. The summed E-state index contributed by atoms with van der Waals surface area (Å²) in [5, 5.41) is 7.04. The first-order valence-electron chi connectivity index (χ1n) is 11.0. The van der Waals surface area contributed by atoms with Gasteiger partial charge in [0.2, 0.25) is 5.72 Å². The third kappa shape index (κ3) is 3.46. The number of benzene rings is 2. The summed E-state index contributed by atoms with van der Waals surface area (Å²) in [7, 11) is 1.65. The van der Waals surface area contributed by atoms with E-state index in [9.17, 15) is 8.78 Å². The molecule has 2 aromatic carbocycles. The fourth-order valence-electron chi connectivity index (χ4n) is 5.05. The summed E-state index contributed by atoms with van der Waals surface area (Å²) in [5.74, 6) is 1.60. The van der Waals surface area contributed by atoms with Gasteiger partial charge in [0.1, 0.15) is 5.75 Å². The summed E-state index contributed by atoms with van der Waals surface area (Å²) < 4.78 is 43.1. The van der Waals surface area contributed by atoms with E-state index in [0.717, 1.165) is 49.5 Å². The molecular formula is C24H27F2N3O3. The molecule has 0 aliphatic carbocycles. The Balaban J connectivity index is 1.57. The average Bonchev–Trinajstić information content (AvgIpc) is 3.26. The monoisotopic (exact) mass is 443 g/mol. The Morgan fingerprint density at radius 2 is 1.88 bits per heavy atom. The summed E-state index contributed by atoms with van der Waals surface area (Å²) in [5.41, 5.74) is 1.72. The lowest BCUT2D eigenvalue weighted by Gasteiger charge is -2.51. The maximum absolute atomic E-state index is 13.0. The van der Waals surface area contributed by atoms with Gasteiger partial charge in [-0.1, -0.05) is 31.2 Å². The zero-order valence-corrected chi connectivity index (χ0v) is 18.3. The fraction of sp³-hybridized carbons (Fsp3) is 0.458. The number of methoxy groups -OCH3 is 1. The van der Waals surface area contributed by atoms with E-state index in [1.165, 1.54) is 0 Å². The van der Waals surface area contributed by atoms with Crippen LogP contribution in [-0.2, 0) is 0 Å². The van der Waals surface area contributed by atoms with Crippen molar-refractivity contribution in [3.63, 3.8) is 0 Å². The van der Waals surface area contributed by atoms with Crippen LogP contribution in [0.4, 0.5) is 8.78 Å². The minimum absolute atomic E-state index is 0.0587. The number of ether oxygens (including phenoxy) is 3. The third-order valence-corrected chi connectivity index (χ3v) is 6.71. The van der Waals surface area contributed by atoms with E-state index in [2.05, 4.69) is 16.8 Å². The molecule has 0 bridgehead atoms. The zero-order valence-electron chi connectivity index (χ0n) is 18.3. The number of piperidine rings is 1. The van der Waals surface area contributed by atoms with Crippen molar-refractivity contribution >= 4 is 5.71 Å². The molecule has 2 aromatic rings. The molecular weight excluding hydrogens is 416 g/mol. The Labute approximate surface area is 186 Å². The largest absolute Gasteiger partial charge is 0.493 e. The maximum atomic E-state index is 13.0. The van der Waals surface area contributed by atoms with Gasteiger partial charge in [-0.15, -0.1) is 0 Å². The summed E-state index contributed by atoms with van der Waals surface area (Å²) in [4.78, 5) is 2.40. The Hall–Kier alpha value is -2.87. The second-order valence-electron chi connectivity index (χ2n) is 8.35. The number of likely N-dealkylation sites (tertiary alicyclic amines) is 1. The second-order valence-corrected chi connectivity index (χ2v) is 8.35. The Morgan fingerprint density at radius 3 is 2.59 bits per heavy atom. The van der Waals surface area contributed by atoms with Crippen LogP contribution < -0.4 is 14.2 Å². The van der Waals surface area contributed by atoms with Gasteiger partial charge in [0, 0.05) is 43.5 Å². The third-order valence-electron chi connectivity index (χ3n) is 6.71. The lowest BCUT2D eigenvalue weighted by Crippen LogP contribution is -2.59. The highest BCUT2D eigenvalue weighted by molar-refractivity contribution is 6.04. The molecule has 5 rings (SSSR count). The molecule has 0 N–H and O–H groups in total. The van der Waals surface area contributed by atoms with Gasteiger partial charge in [0.05, 0.1) is 18.9 Å². The van der Waals surface area contributed by atoms with E-state index in [0.29, 0.717) is 17.7 Å². The van der Waals surface area contributed by atoms with Crippen LogP contribution >= 0.6 is 0 Å². The first kappa shape index (κ1) is 21.0. The fourth-order valence-corrected chi connectivity index (χ4v) is 5.05. The molecule has 1 fully saturated rings. The number of rotatable bonds is 5. The molecule has 0 saturated carbocycles. The summed E-state index contributed by atoms with van der Waals surface area (Å²) in [6.07, 6.45) is 2.16. The average molecular weight is 443 g/mol. The lowest BCUT2D eigenvalue weighted by molar-refractivity contribution is -0.150. The van der Waals surface area contributed by atoms with Crippen LogP contribution in [0.15, 0.2) is 47.6 Å². The van der Waals surface area contributed by atoms with Gasteiger partial charge in [0.15, 0.2) is 11.5 Å². The van der Waals surface area contributed by atoms with Crippen LogP contribution in [0.2, 0.25) is 0 Å². The van der Waals surface area contributed by atoms with Crippen molar-refractivity contribution in [1.82, 2.24) is 9.91 Å². The Bertz CT molecular complexity index is 1020. The van der Waals surface area contributed by atoms with Crippen LogP contribution in [0.25, 0.3) is 0 Å². The maximum Gasteiger partial charge on any atom is 0.387 e. The molecule has 0 aromatic heterocycles. The molecule has 8 heteroatoms. The van der Waals surface area contributed by atoms with Gasteiger partial charge in [-0.2, -0.15) is 13.9 Å². The normalized spacial score (nSPS) is 21.7. The summed E-state index contributed by atoms with van der Waals surface area (Å²) in [6, 6.07) is 12.7. The van der Waals surface area contributed by atoms with E-state index < -0.39 is 12.3 Å². The highest BCUT2D eigenvalue weighted by Gasteiger charge is 2.52. The van der Waals surface area contributed by atoms with Gasteiger partial charge in [-0.3, -0.25) is 0 Å². The van der Waals surface area contributed by atoms with E-state index >= 15 is 0 Å². The molecule has 170 valence electrons. The van der Waals surface area contributed by atoms with Crippen LogP contribution in [-0.4, -0.2) is 54.7 Å². The standard InChI is InChI=1S/C24H27F2N3O3/c1-3-28-13-11-24(12-14-28)29-19(17-8-6-10-21(30-2)22(17)32-24)15-18(27-29)16-7-4-5-9-20(16)31-23(25)26/h4-10,19,23H,3,11-15H2,1-2H3/t19-/m1/s1. The number of hydrogen-bond donors (Lipinski definition) is 0. The van der Waals surface area contributed by atoms with Crippen molar-refractivity contribution in [3.8, 4) is 17.2 Å². The first-order valence-corrected chi connectivity index (χ1v) is 11.0. The van der Waals surface area contributed by atoms with E-state index in [-0.39, 0.29) is 11.8 Å². The van der Waals surface area contributed by atoms with E-state index in [1.54, 1.807) is 25.3 Å². The summed E-state index contributed by atoms with van der Waals surface area (Å²) in [6.45, 7) is 2.07. The topological polar surface area (TPSA) is 46.5 Å². The smallest absolute Gasteiger partial charge is 0.387 e.